The van der Waals surface area contributed by atoms with Gasteiger partial charge in [0.1, 0.15) is 0 Å². The molecule has 3 heteroatoms. The van der Waals surface area contributed by atoms with Crippen LogP contribution in [0.4, 0.5) is 5.69 Å². The molecular formula is C44H31N3. The van der Waals surface area contributed by atoms with Gasteiger partial charge in [-0.15, -0.1) is 0 Å². The highest BCUT2D eigenvalue weighted by molar-refractivity contribution is 5.91. The van der Waals surface area contributed by atoms with Gasteiger partial charge in [-0.2, -0.15) is 0 Å². The topological polar surface area (TPSA) is 30.1 Å². The van der Waals surface area contributed by atoms with Crippen molar-refractivity contribution < 1.29 is 0 Å². The maximum atomic E-state index is 7.71. The van der Waals surface area contributed by atoms with E-state index in [-0.39, 0.29) is 5.41 Å². The molecule has 3 nitrogen and oxygen atoms in total. The number of aromatic nitrogens is 2. The Balaban J connectivity index is 1.09. The van der Waals surface area contributed by atoms with Crippen molar-refractivity contribution in [2.24, 2.45) is 0 Å². The van der Waals surface area contributed by atoms with Gasteiger partial charge in [0.05, 0.1) is 18.0 Å². The Kier molecular flexibility index (Phi) is 6.85. The van der Waals surface area contributed by atoms with Crippen LogP contribution < -0.4 is 0 Å². The normalized spacial score (nSPS) is 12.6. The summed E-state index contributed by atoms with van der Waals surface area (Å²) in [5, 5.41) is 0. The molecule has 0 radical (unpaired) electrons. The van der Waals surface area contributed by atoms with Crippen molar-refractivity contribution in [3.05, 3.63) is 174 Å². The van der Waals surface area contributed by atoms with Gasteiger partial charge in [-0.25, -0.2) is 14.8 Å². The molecule has 0 bridgehead atoms. The summed E-state index contributed by atoms with van der Waals surface area (Å²) in [7, 11) is 0. The van der Waals surface area contributed by atoms with E-state index in [0.29, 0.717) is 5.82 Å². The Morgan fingerprint density at radius 1 is 0.468 bits per heavy atom. The minimum atomic E-state index is -0.156. The van der Waals surface area contributed by atoms with Crippen LogP contribution in [0.15, 0.2) is 152 Å². The number of fused-ring (bicyclic) bond motifs is 3. The van der Waals surface area contributed by atoms with Crippen LogP contribution in [-0.4, -0.2) is 9.97 Å². The molecule has 0 unspecified atom stereocenters. The van der Waals surface area contributed by atoms with E-state index in [9.17, 15) is 0 Å². The highest BCUT2D eigenvalue weighted by Crippen LogP contribution is 2.53. The fourth-order valence-electron chi connectivity index (χ4n) is 6.80. The summed E-state index contributed by atoms with van der Waals surface area (Å²) in [5.41, 5.74) is 14.9. The average molecular weight is 602 g/mol. The van der Waals surface area contributed by atoms with Gasteiger partial charge < -0.3 is 0 Å². The molecule has 222 valence electrons. The zero-order valence-corrected chi connectivity index (χ0v) is 26.3. The number of hydrogen-bond donors (Lipinski definition) is 0. The fourth-order valence-corrected chi connectivity index (χ4v) is 6.80. The van der Waals surface area contributed by atoms with Crippen LogP contribution in [0, 0.1) is 6.57 Å². The lowest BCUT2D eigenvalue weighted by molar-refractivity contribution is 0.661. The molecule has 0 fully saturated rings. The van der Waals surface area contributed by atoms with E-state index < -0.39 is 0 Å². The highest BCUT2D eigenvalue weighted by Gasteiger charge is 2.36. The third-order valence-electron chi connectivity index (χ3n) is 9.36. The smallest absolute Gasteiger partial charge is 0.195 e. The van der Waals surface area contributed by atoms with Crippen molar-refractivity contribution in [1.82, 2.24) is 9.97 Å². The van der Waals surface area contributed by atoms with Crippen molar-refractivity contribution in [2.75, 3.05) is 0 Å². The van der Waals surface area contributed by atoms with Crippen molar-refractivity contribution >= 4 is 5.69 Å². The highest BCUT2D eigenvalue weighted by atomic mass is 14.9. The predicted molar refractivity (Wildman–Crippen MR) is 193 cm³/mol. The maximum Gasteiger partial charge on any atom is 0.195 e. The lowest BCUT2D eigenvalue weighted by Gasteiger charge is -2.22. The molecule has 8 rings (SSSR count). The van der Waals surface area contributed by atoms with Gasteiger partial charge in [-0.3, -0.25) is 0 Å². The van der Waals surface area contributed by atoms with E-state index in [1.807, 2.05) is 48.5 Å². The first-order valence-electron chi connectivity index (χ1n) is 15.9. The molecule has 6 aromatic carbocycles. The summed E-state index contributed by atoms with van der Waals surface area (Å²) in [6, 6.07) is 52.7. The molecule has 0 spiro atoms. The SMILES string of the molecule is [C-]#[N+]c1cccc2c1-c1ccc(-c3ccc(-c4ccc(-c5cc(-c6ccccc6)nc(-c6ccccc6)n5)cc4)cc3)cc1C2(C)C. The summed E-state index contributed by atoms with van der Waals surface area (Å²) in [4.78, 5) is 13.7. The summed E-state index contributed by atoms with van der Waals surface area (Å²) >= 11 is 0. The monoisotopic (exact) mass is 601 g/mol. The Bertz CT molecular complexity index is 2240. The first-order valence-corrected chi connectivity index (χ1v) is 15.9. The summed E-state index contributed by atoms with van der Waals surface area (Å²) in [5.74, 6) is 0.715. The number of nitrogens with zero attached hydrogens (tertiary/aromatic N) is 3. The first-order chi connectivity index (χ1) is 23.0. The third kappa shape index (κ3) is 5.01. The van der Waals surface area contributed by atoms with Crippen LogP contribution in [0.3, 0.4) is 0 Å². The molecule has 1 aliphatic carbocycles. The minimum absolute atomic E-state index is 0.156. The van der Waals surface area contributed by atoms with Gasteiger partial charge in [0.15, 0.2) is 11.5 Å². The second-order valence-corrected chi connectivity index (χ2v) is 12.5. The van der Waals surface area contributed by atoms with Crippen LogP contribution >= 0.6 is 0 Å². The van der Waals surface area contributed by atoms with Gasteiger partial charge in [0.2, 0.25) is 0 Å². The van der Waals surface area contributed by atoms with E-state index in [0.717, 1.165) is 50.5 Å². The van der Waals surface area contributed by atoms with Crippen molar-refractivity contribution in [3.63, 3.8) is 0 Å². The zero-order chi connectivity index (χ0) is 32.0. The van der Waals surface area contributed by atoms with Gasteiger partial charge >= 0.3 is 0 Å². The average Bonchev–Trinajstić information content (AvgIpc) is 3.38. The van der Waals surface area contributed by atoms with Gasteiger partial charge in [-0.05, 0) is 56.6 Å². The quantitative estimate of drug-likeness (QED) is 0.184. The van der Waals surface area contributed by atoms with E-state index in [1.54, 1.807) is 0 Å². The van der Waals surface area contributed by atoms with Crippen LogP contribution in [0.5, 0.6) is 0 Å². The minimum Gasteiger partial charge on any atom is -0.238 e. The van der Waals surface area contributed by atoms with Crippen molar-refractivity contribution in [3.8, 4) is 67.3 Å². The Morgan fingerprint density at radius 3 is 1.57 bits per heavy atom. The first kappa shape index (κ1) is 28.4. The summed E-state index contributed by atoms with van der Waals surface area (Å²) < 4.78 is 0. The van der Waals surface area contributed by atoms with Gasteiger partial charge in [-0.1, -0.05) is 153 Å². The van der Waals surface area contributed by atoms with E-state index >= 15 is 0 Å². The molecule has 1 heterocycles. The van der Waals surface area contributed by atoms with Gasteiger partial charge in [0, 0.05) is 22.1 Å². The van der Waals surface area contributed by atoms with E-state index in [1.165, 1.54) is 27.8 Å². The second-order valence-electron chi connectivity index (χ2n) is 12.5. The predicted octanol–water partition coefficient (Wildman–Crippen LogP) is 11.7. The zero-order valence-electron chi connectivity index (χ0n) is 26.3. The number of benzene rings is 6. The molecule has 0 amide bonds. The molecule has 0 N–H and O–H groups in total. The Hall–Kier alpha value is -6.11. The molecule has 0 saturated carbocycles. The van der Waals surface area contributed by atoms with Crippen LogP contribution in [0.25, 0.3) is 72.1 Å². The second kappa shape index (κ2) is 11.4. The standard InChI is InChI=1S/C44H31N3/c1-44(2)37-15-10-16-39(45-3)42(37)36-26-25-35(27-38(36)44)31-19-17-29(18-20-31)30-21-23-33(24-22-30)41-28-40(32-11-6-4-7-12-32)46-43(47-41)34-13-8-5-9-14-34/h4-28H,1-2H3. The summed E-state index contributed by atoms with van der Waals surface area (Å²) in [6.45, 7) is 12.2. The van der Waals surface area contributed by atoms with Crippen LogP contribution in [0.1, 0.15) is 25.0 Å². The largest absolute Gasteiger partial charge is 0.238 e. The lowest BCUT2D eigenvalue weighted by atomic mass is 9.81. The number of rotatable bonds is 5. The molecule has 0 saturated heterocycles. The molecule has 47 heavy (non-hydrogen) atoms. The van der Waals surface area contributed by atoms with Crippen LogP contribution in [0.2, 0.25) is 0 Å². The van der Waals surface area contributed by atoms with Gasteiger partial charge in [0.25, 0.3) is 0 Å². The molecular weight excluding hydrogens is 571 g/mol. The molecule has 7 aromatic rings. The lowest BCUT2D eigenvalue weighted by Crippen LogP contribution is -2.14. The number of hydrogen-bond acceptors (Lipinski definition) is 2. The molecule has 0 atom stereocenters. The summed E-state index contributed by atoms with van der Waals surface area (Å²) in [6.07, 6.45) is 0. The van der Waals surface area contributed by atoms with Crippen molar-refractivity contribution in [2.45, 2.75) is 19.3 Å². The van der Waals surface area contributed by atoms with E-state index in [2.05, 4.69) is 122 Å². The third-order valence-corrected chi connectivity index (χ3v) is 9.36. The fraction of sp³-hybridized carbons (Fsp3) is 0.0682. The van der Waals surface area contributed by atoms with Crippen molar-refractivity contribution in [1.29, 1.82) is 0 Å². The van der Waals surface area contributed by atoms with Crippen LogP contribution in [-0.2, 0) is 5.41 Å². The Labute approximate surface area is 275 Å². The molecule has 1 aromatic heterocycles. The molecule has 0 aliphatic heterocycles. The molecule has 1 aliphatic rings. The Morgan fingerprint density at radius 2 is 0.979 bits per heavy atom. The maximum absolute atomic E-state index is 7.71. The van der Waals surface area contributed by atoms with E-state index in [4.69, 9.17) is 16.5 Å².